The predicted octanol–water partition coefficient (Wildman–Crippen LogP) is 3.43. The van der Waals surface area contributed by atoms with Crippen LogP contribution < -0.4 is 0 Å². The molecule has 2 aliphatic rings. The summed E-state index contributed by atoms with van der Waals surface area (Å²) in [5, 5.41) is 0. The standard InChI is InChI=1S/C8H13O.3CH3.Sn/c1-7-8(9-7)5-3-2-4-6-8;;;;/h3,7H,2,4-6H2,1H3;3*1H3;. The van der Waals surface area contributed by atoms with Crippen molar-refractivity contribution in [2.75, 3.05) is 0 Å². The molecular weight excluding hydrogens is 267 g/mol. The minimum atomic E-state index is -1.62. The summed E-state index contributed by atoms with van der Waals surface area (Å²) in [5.41, 5.74) is 0.368. The van der Waals surface area contributed by atoms with Crippen molar-refractivity contribution in [3.63, 3.8) is 0 Å². The van der Waals surface area contributed by atoms with Crippen molar-refractivity contribution in [2.24, 2.45) is 0 Å². The average molecular weight is 289 g/mol. The van der Waals surface area contributed by atoms with Crippen molar-refractivity contribution in [1.82, 2.24) is 0 Å². The van der Waals surface area contributed by atoms with E-state index in [2.05, 4.69) is 21.7 Å². The van der Waals surface area contributed by atoms with E-state index in [1.165, 1.54) is 25.7 Å². The van der Waals surface area contributed by atoms with E-state index in [0.29, 0.717) is 11.7 Å². The van der Waals surface area contributed by atoms with Crippen molar-refractivity contribution in [1.29, 1.82) is 0 Å². The molecule has 0 amide bonds. The summed E-state index contributed by atoms with van der Waals surface area (Å²) >= 11 is -1.62. The first kappa shape index (κ1) is 10.3. The van der Waals surface area contributed by atoms with Crippen LogP contribution in [0.5, 0.6) is 0 Å². The molecule has 76 valence electrons. The molecular formula is C11H22OSn. The second-order valence-corrected chi connectivity index (χ2v) is 21.8. The molecule has 0 aromatic heterocycles. The van der Waals surface area contributed by atoms with E-state index in [4.69, 9.17) is 4.74 Å². The van der Waals surface area contributed by atoms with Gasteiger partial charge >= 0.3 is 86.2 Å². The molecule has 1 nitrogen and oxygen atoms in total. The maximum absolute atomic E-state index is 5.80. The molecule has 0 radical (unpaired) electrons. The molecule has 0 aromatic carbocycles. The third kappa shape index (κ3) is 1.92. The third-order valence-electron chi connectivity index (χ3n) is 4.06. The fraction of sp³-hybridized carbons (Fsp3) is 1.00. The Morgan fingerprint density at radius 3 is 2.38 bits per heavy atom. The predicted molar refractivity (Wildman–Crippen MR) is 58.8 cm³/mol. The molecule has 2 rings (SSSR count). The van der Waals surface area contributed by atoms with Gasteiger partial charge < -0.3 is 0 Å². The van der Waals surface area contributed by atoms with E-state index in [1.54, 1.807) is 0 Å². The molecule has 1 aliphatic heterocycles. The molecule has 1 aliphatic carbocycles. The van der Waals surface area contributed by atoms with Crippen LogP contribution in [0.1, 0.15) is 32.6 Å². The summed E-state index contributed by atoms with van der Waals surface area (Å²) in [6.45, 7) is 2.25. The van der Waals surface area contributed by atoms with Crippen molar-refractivity contribution in [2.45, 2.75) is 63.1 Å². The van der Waals surface area contributed by atoms with Crippen LogP contribution in [0.15, 0.2) is 0 Å². The molecule has 3 unspecified atom stereocenters. The van der Waals surface area contributed by atoms with Gasteiger partial charge in [0.2, 0.25) is 0 Å². The van der Waals surface area contributed by atoms with Gasteiger partial charge in [0, 0.05) is 0 Å². The van der Waals surface area contributed by atoms with Crippen LogP contribution in [-0.2, 0) is 4.74 Å². The quantitative estimate of drug-likeness (QED) is 0.532. The van der Waals surface area contributed by atoms with E-state index in [9.17, 15) is 0 Å². The molecule has 1 heterocycles. The van der Waals surface area contributed by atoms with E-state index < -0.39 is 18.4 Å². The molecule has 1 saturated carbocycles. The first-order chi connectivity index (χ1) is 5.94. The number of epoxide rings is 1. The molecule has 1 spiro atoms. The minimum absolute atomic E-state index is 0.368. The molecule has 13 heavy (non-hydrogen) atoms. The topological polar surface area (TPSA) is 12.5 Å². The fourth-order valence-corrected chi connectivity index (χ4v) is 8.59. The van der Waals surface area contributed by atoms with E-state index in [-0.39, 0.29) is 0 Å². The third-order valence-corrected chi connectivity index (χ3v) is 12.5. The van der Waals surface area contributed by atoms with Gasteiger partial charge in [-0.05, 0) is 0 Å². The molecule has 0 aromatic rings. The van der Waals surface area contributed by atoms with Gasteiger partial charge in [-0.1, -0.05) is 0 Å². The van der Waals surface area contributed by atoms with E-state index in [0.717, 1.165) is 3.93 Å². The summed E-state index contributed by atoms with van der Waals surface area (Å²) in [6, 6.07) is 0. The van der Waals surface area contributed by atoms with Crippen LogP contribution in [0.3, 0.4) is 0 Å². The van der Waals surface area contributed by atoms with Gasteiger partial charge in [-0.3, -0.25) is 0 Å². The van der Waals surface area contributed by atoms with Crippen molar-refractivity contribution >= 4 is 18.4 Å². The van der Waals surface area contributed by atoms with Gasteiger partial charge in [0.1, 0.15) is 0 Å². The van der Waals surface area contributed by atoms with E-state index in [1.807, 2.05) is 0 Å². The molecule has 2 heteroatoms. The Morgan fingerprint density at radius 1 is 1.31 bits per heavy atom. The monoisotopic (exact) mass is 290 g/mol. The summed E-state index contributed by atoms with van der Waals surface area (Å²) in [5.74, 6) is 0. The summed E-state index contributed by atoms with van der Waals surface area (Å²) < 4.78 is 6.88. The Labute approximate surface area is 86.1 Å². The molecule has 3 atom stereocenters. The second kappa shape index (κ2) is 3.13. The van der Waals surface area contributed by atoms with Crippen LogP contribution in [0.25, 0.3) is 0 Å². The van der Waals surface area contributed by atoms with Crippen LogP contribution in [0, 0.1) is 0 Å². The number of ether oxygens (including phenoxy) is 1. The molecule has 2 fully saturated rings. The van der Waals surface area contributed by atoms with Gasteiger partial charge in [-0.15, -0.1) is 0 Å². The van der Waals surface area contributed by atoms with Crippen LogP contribution in [0.2, 0.25) is 18.8 Å². The van der Waals surface area contributed by atoms with Crippen LogP contribution in [0.4, 0.5) is 0 Å². The Bertz CT molecular complexity index is 209. The molecule has 0 bridgehead atoms. The summed E-state index contributed by atoms with van der Waals surface area (Å²) in [4.78, 5) is 7.72. The zero-order chi connectivity index (χ0) is 9.69. The van der Waals surface area contributed by atoms with Crippen molar-refractivity contribution in [3.05, 3.63) is 0 Å². The second-order valence-electron chi connectivity index (χ2n) is 5.98. The van der Waals surface area contributed by atoms with Crippen molar-refractivity contribution in [3.8, 4) is 0 Å². The van der Waals surface area contributed by atoms with Crippen molar-refractivity contribution < 1.29 is 4.74 Å². The number of rotatable bonds is 1. The SMILES string of the molecule is CC1OC12CCC[CH]([Sn]([CH3])([CH3])[CH3])C2. The van der Waals surface area contributed by atoms with Gasteiger partial charge in [0.15, 0.2) is 0 Å². The molecule has 1 saturated heterocycles. The maximum atomic E-state index is 5.80. The number of hydrogen-bond donors (Lipinski definition) is 0. The molecule has 0 N–H and O–H groups in total. The normalized spacial score (nSPS) is 45.2. The zero-order valence-corrected chi connectivity index (χ0v) is 12.2. The van der Waals surface area contributed by atoms with Crippen LogP contribution >= 0.6 is 0 Å². The van der Waals surface area contributed by atoms with Gasteiger partial charge in [0.05, 0.1) is 0 Å². The zero-order valence-electron chi connectivity index (χ0n) is 9.39. The Balaban J connectivity index is 2.01. The van der Waals surface area contributed by atoms with Gasteiger partial charge in [-0.25, -0.2) is 0 Å². The van der Waals surface area contributed by atoms with Gasteiger partial charge in [-0.2, -0.15) is 0 Å². The van der Waals surface area contributed by atoms with E-state index >= 15 is 0 Å². The first-order valence-corrected chi connectivity index (χ1v) is 15.8. The number of hydrogen-bond acceptors (Lipinski definition) is 1. The fourth-order valence-electron chi connectivity index (χ4n) is 2.80. The summed E-state index contributed by atoms with van der Waals surface area (Å²) in [7, 11) is 0. The van der Waals surface area contributed by atoms with Gasteiger partial charge in [0.25, 0.3) is 0 Å². The summed E-state index contributed by atoms with van der Waals surface area (Å²) in [6.07, 6.45) is 6.23. The van der Waals surface area contributed by atoms with Crippen LogP contribution in [-0.4, -0.2) is 30.1 Å². The Morgan fingerprint density at radius 2 is 1.92 bits per heavy atom. The Kier molecular flexibility index (Phi) is 2.47. The Hall–Kier alpha value is 0.759. The first-order valence-electron chi connectivity index (χ1n) is 5.62. The average Bonchev–Trinajstić information content (AvgIpc) is 2.59.